The Bertz CT molecular complexity index is 335. The molecule has 0 spiro atoms. The van der Waals surface area contributed by atoms with E-state index in [4.69, 9.17) is 4.74 Å². The van der Waals surface area contributed by atoms with Crippen LogP contribution in [0, 0.1) is 5.92 Å². The van der Waals surface area contributed by atoms with Gasteiger partial charge < -0.3 is 23.9 Å². The van der Waals surface area contributed by atoms with Gasteiger partial charge in [-0.3, -0.25) is 4.79 Å². The smallest absolute Gasteiger partial charge is 0.306 e. The first-order valence-corrected chi connectivity index (χ1v) is 6.77. The van der Waals surface area contributed by atoms with E-state index in [1.165, 1.54) is 0 Å². The summed E-state index contributed by atoms with van der Waals surface area (Å²) in [5, 5.41) is 10.7. The molecule has 0 aromatic rings. The fraction of sp³-hybridized carbons (Fsp3) is 0.786. The van der Waals surface area contributed by atoms with Crippen LogP contribution in [0.3, 0.4) is 0 Å². The first-order valence-electron chi connectivity index (χ1n) is 6.77. The molecule has 2 atom stereocenters. The quantitative estimate of drug-likeness (QED) is 0.314. The number of likely N-dealkylation sites (N-methyl/N-ethyl adjacent to an activating group) is 1. The van der Waals surface area contributed by atoms with Gasteiger partial charge in [-0.05, 0) is 12.3 Å². The monoisotopic (exact) mass is 287 g/mol. The summed E-state index contributed by atoms with van der Waals surface area (Å²) in [5.41, 5.74) is 0. The molecule has 20 heavy (non-hydrogen) atoms. The standard InChI is InChI=1S/C14H25NO5/c1-11(6-5-7-16)8-14(19)20-12(9-13(17)18)10-15(2,3)4/h7,11-12H,5-6,8-10H2,1-4H3. The predicted molar refractivity (Wildman–Crippen MR) is 71.5 cm³/mol. The minimum atomic E-state index is -1.23. The highest BCUT2D eigenvalue weighted by Gasteiger charge is 2.23. The molecular weight excluding hydrogens is 262 g/mol. The van der Waals surface area contributed by atoms with Crippen LogP contribution in [-0.4, -0.2) is 56.5 Å². The third kappa shape index (κ3) is 10.5. The van der Waals surface area contributed by atoms with E-state index in [0.29, 0.717) is 23.9 Å². The van der Waals surface area contributed by atoms with Gasteiger partial charge in [-0.25, -0.2) is 0 Å². The fourth-order valence-corrected chi connectivity index (χ4v) is 1.91. The number of aliphatic carboxylic acids is 1. The number of carbonyl (C=O) groups is 3. The van der Waals surface area contributed by atoms with Crippen LogP contribution < -0.4 is 5.11 Å². The van der Waals surface area contributed by atoms with E-state index in [9.17, 15) is 19.5 Å². The molecule has 0 amide bonds. The molecule has 6 nitrogen and oxygen atoms in total. The highest BCUT2D eigenvalue weighted by atomic mass is 16.5. The number of ether oxygens (including phenoxy) is 1. The molecular formula is C14H25NO5. The molecule has 6 heteroatoms. The summed E-state index contributed by atoms with van der Waals surface area (Å²) in [6, 6.07) is 0. The number of aldehydes is 1. The Kier molecular flexibility index (Phi) is 8.06. The Morgan fingerprint density at radius 3 is 2.30 bits per heavy atom. The molecule has 0 N–H and O–H groups in total. The van der Waals surface area contributed by atoms with Crippen molar-refractivity contribution >= 4 is 18.2 Å². The Hall–Kier alpha value is -1.43. The summed E-state index contributed by atoms with van der Waals surface area (Å²) >= 11 is 0. The average Bonchev–Trinajstić information content (AvgIpc) is 2.22. The van der Waals surface area contributed by atoms with Crippen molar-refractivity contribution in [3.63, 3.8) is 0 Å². The molecule has 0 aliphatic carbocycles. The second-order valence-corrected chi connectivity index (χ2v) is 6.21. The van der Waals surface area contributed by atoms with Crippen LogP contribution in [0.2, 0.25) is 0 Å². The van der Waals surface area contributed by atoms with Gasteiger partial charge >= 0.3 is 5.97 Å². The molecule has 0 aliphatic rings. The van der Waals surface area contributed by atoms with Crippen LogP contribution in [0.25, 0.3) is 0 Å². The summed E-state index contributed by atoms with van der Waals surface area (Å²) in [4.78, 5) is 32.7. The van der Waals surface area contributed by atoms with Crippen molar-refractivity contribution < 1.29 is 28.7 Å². The molecule has 2 unspecified atom stereocenters. The van der Waals surface area contributed by atoms with Gasteiger partial charge in [0.15, 0.2) is 6.10 Å². The van der Waals surface area contributed by atoms with Crippen LogP contribution >= 0.6 is 0 Å². The van der Waals surface area contributed by atoms with E-state index >= 15 is 0 Å². The number of rotatable bonds is 10. The van der Waals surface area contributed by atoms with E-state index in [1.807, 2.05) is 28.1 Å². The zero-order valence-corrected chi connectivity index (χ0v) is 12.8. The van der Waals surface area contributed by atoms with Gasteiger partial charge in [0, 0.05) is 25.2 Å². The number of carbonyl (C=O) groups excluding carboxylic acids is 3. The lowest BCUT2D eigenvalue weighted by Crippen LogP contribution is -2.45. The molecule has 0 aromatic heterocycles. The summed E-state index contributed by atoms with van der Waals surface area (Å²) in [6.45, 7) is 2.26. The number of carboxylic acid groups (broad SMARTS) is 1. The predicted octanol–water partition coefficient (Wildman–Crippen LogP) is -0.250. The van der Waals surface area contributed by atoms with E-state index in [2.05, 4.69) is 0 Å². The van der Waals surface area contributed by atoms with Crippen molar-refractivity contribution in [2.75, 3.05) is 27.7 Å². The molecule has 0 radical (unpaired) electrons. The van der Waals surface area contributed by atoms with Crippen LogP contribution in [0.4, 0.5) is 0 Å². The maximum Gasteiger partial charge on any atom is 0.306 e. The van der Waals surface area contributed by atoms with Gasteiger partial charge in [0.1, 0.15) is 12.8 Å². The zero-order chi connectivity index (χ0) is 15.8. The summed E-state index contributed by atoms with van der Waals surface area (Å²) in [7, 11) is 5.68. The molecule has 0 aromatic carbocycles. The summed E-state index contributed by atoms with van der Waals surface area (Å²) in [6.07, 6.45) is 1.05. The van der Waals surface area contributed by atoms with Crippen LogP contribution in [-0.2, 0) is 19.1 Å². The zero-order valence-electron chi connectivity index (χ0n) is 12.8. The third-order valence-electron chi connectivity index (χ3n) is 2.74. The first-order chi connectivity index (χ1) is 9.14. The lowest BCUT2D eigenvalue weighted by Gasteiger charge is -2.29. The van der Waals surface area contributed by atoms with Gasteiger partial charge in [0.25, 0.3) is 0 Å². The molecule has 0 fully saturated rings. The van der Waals surface area contributed by atoms with Crippen LogP contribution in [0.15, 0.2) is 0 Å². The minimum absolute atomic E-state index is 0.0421. The van der Waals surface area contributed by atoms with E-state index in [-0.39, 0.29) is 18.8 Å². The van der Waals surface area contributed by atoms with Crippen molar-refractivity contribution in [3.05, 3.63) is 0 Å². The number of carboxylic acids is 1. The molecule has 0 aliphatic heterocycles. The Morgan fingerprint density at radius 1 is 1.25 bits per heavy atom. The Balaban J connectivity index is 4.37. The van der Waals surface area contributed by atoms with Crippen molar-refractivity contribution in [3.8, 4) is 0 Å². The minimum Gasteiger partial charge on any atom is -0.550 e. The molecule has 0 bridgehead atoms. The topological polar surface area (TPSA) is 83.5 Å². The van der Waals surface area contributed by atoms with Crippen molar-refractivity contribution in [1.82, 2.24) is 0 Å². The van der Waals surface area contributed by atoms with Crippen LogP contribution in [0.5, 0.6) is 0 Å². The first kappa shape index (κ1) is 18.6. The molecule has 0 saturated heterocycles. The number of hydrogen-bond donors (Lipinski definition) is 0. The average molecular weight is 287 g/mol. The second-order valence-electron chi connectivity index (χ2n) is 6.21. The molecule has 116 valence electrons. The van der Waals surface area contributed by atoms with Gasteiger partial charge in [-0.15, -0.1) is 0 Å². The SMILES string of the molecule is CC(CCC=O)CC(=O)OC(CC(=O)[O-])C[N+](C)(C)C. The Labute approximate surface area is 120 Å². The number of nitrogens with zero attached hydrogens (tertiary/aromatic N) is 1. The van der Waals surface area contributed by atoms with E-state index in [1.54, 1.807) is 0 Å². The van der Waals surface area contributed by atoms with Gasteiger partial charge in [-0.2, -0.15) is 0 Å². The normalized spacial score (nSPS) is 14.4. The van der Waals surface area contributed by atoms with Gasteiger partial charge in [0.2, 0.25) is 0 Å². The summed E-state index contributed by atoms with van der Waals surface area (Å²) in [5.74, 6) is -1.62. The highest BCUT2D eigenvalue weighted by Crippen LogP contribution is 2.13. The maximum atomic E-state index is 11.8. The highest BCUT2D eigenvalue weighted by molar-refractivity contribution is 5.71. The van der Waals surface area contributed by atoms with E-state index < -0.39 is 18.0 Å². The fourth-order valence-electron chi connectivity index (χ4n) is 1.91. The second kappa shape index (κ2) is 8.68. The van der Waals surface area contributed by atoms with Crippen molar-refractivity contribution in [2.45, 2.75) is 38.7 Å². The largest absolute Gasteiger partial charge is 0.550 e. The number of hydrogen-bond acceptors (Lipinski definition) is 5. The van der Waals surface area contributed by atoms with Crippen LogP contribution in [0.1, 0.15) is 32.6 Å². The van der Waals surface area contributed by atoms with Crippen molar-refractivity contribution in [2.24, 2.45) is 5.92 Å². The molecule has 0 saturated carbocycles. The lowest BCUT2D eigenvalue weighted by atomic mass is 10.0. The van der Waals surface area contributed by atoms with E-state index in [0.717, 1.165) is 6.29 Å². The van der Waals surface area contributed by atoms with Crippen molar-refractivity contribution in [1.29, 1.82) is 0 Å². The molecule has 0 rings (SSSR count). The maximum absolute atomic E-state index is 11.8. The molecule has 0 heterocycles. The van der Waals surface area contributed by atoms with Gasteiger partial charge in [0.05, 0.1) is 21.1 Å². The summed E-state index contributed by atoms with van der Waals surface area (Å²) < 4.78 is 5.72. The number of quaternary nitrogens is 1. The Morgan fingerprint density at radius 2 is 1.85 bits per heavy atom. The number of esters is 1. The van der Waals surface area contributed by atoms with Gasteiger partial charge in [-0.1, -0.05) is 6.92 Å². The third-order valence-corrected chi connectivity index (χ3v) is 2.74. The lowest BCUT2D eigenvalue weighted by molar-refractivity contribution is -0.873.